The summed E-state index contributed by atoms with van der Waals surface area (Å²) in [5.41, 5.74) is 1.23. The third kappa shape index (κ3) is 3.30. The number of rotatable bonds is 4. The van der Waals surface area contributed by atoms with E-state index in [4.69, 9.17) is 4.84 Å². The Morgan fingerprint density at radius 3 is 2.56 bits per heavy atom. The smallest absolute Gasteiger partial charge is 0.0935 e. The van der Waals surface area contributed by atoms with E-state index in [1.807, 2.05) is 25.2 Å². The van der Waals surface area contributed by atoms with Gasteiger partial charge in [0.2, 0.25) is 0 Å². The van der Waals surface area contributed by atoms with Crippen molar-refractivity contribution in [3.63, 3.8) is 0 Å². The molecule has 1 aromatic rings. The van der Waals surface area contributed by atoms with Crippen LogP contribution in [-0.4, -0.2) is 31.2 Å². The van der Waals surface area contributed by atoms with E-state index in [0.717, 1.165) is 13.1 Å². The molecule has 1 heterocycles. The predicted molar refractivity (Wildman–Crippen MR) is 64.9 cm³/mol. The SMILES string of the molecule is CNC1CCN(OCc2ccccc2)CC1. The normalized spacial score (nSPS) is 18.8. The molecule has 0 atom stereocenters. The van der Waals surface area contributed by atoms with Crippen LogP contribution in [0.15, 0.2) is 30.3 Å². The van der Waals surface area contributed by atoms with Crippen molar-refractivity contribution in [3.05, 3.63) is 35.9 Å². The fraction of sp³-hybridized carbons (Fsp3) is 0.538. The second-order valence-corrected chi connectivity index (χ2v) is 4.25. The van der Waals surface area contributed by atoms with E-state index in [9.17, 15) is 0 Å². The lowest BCUT2D eigenvalue weighted by atomic mass is 10.1. The number of hydrogen-bond acceptors (Lipinski definition) is 3. The van der Waals surface area contributed by atoms with Crippen LogP contribution in [0.5, 0.6) is 0 Å². The lowest BCUT2D eigenvalue weighted by molar-refractivity contribution is -0.180. The van der Waals surface area contributed by atoms with Crippen LogP contribution in [0.3, 0.4) is 0 Å². The molecule has 0 saturated carbocycles. The lowest BCUT2D eigenvalue weighted by Crippen LogP contribution is -2.40. The number of piperidine rings is 1. The van der Waals surface area contributed by atoms with Crippen LogP contribution in [0.4, 0.5) is 0 Å². The highest BCUT2D eigenvalue weighted by Crippen LogP contribution is 2.11. The van der Waals surface area contributed by atoms with Gasteiger partial charge in [-0.2, -0.15) is 5.06 Å². The zero-order valence-electron chi connectivity index (χ0n) is 9.86. The molecule has 0 radical (unpaired) electrons. The fourth-order valence-electron chi connectivity index (χ4n) is 2.01. The summed E-state index contributed by atoms with van der Waals surface area (Å²) in [6.07, 6.45) is 2.34. The van der Waals surface area contributed by atoms with Crippen LogP contribution >= 0.6 is 0 Å². The summed E-state index contributed by atoms with van der Waals surface area (Å²) in [4.78, 5) is 5.77. The first-order valence-electron chi connectivity index (χ1n) is 5.97. The minimum Gasteiger partial charge on any atom is -0.317 e. The average Bonchev–Trinajstić information content (AvgIpc) is 2.38. The average molecular weight is 220 g/mol. The number of hydrogen-bond donors (Lipinski definition) is 1. The highest BCUT2D eigenvalue weighted by atomic mass is 16.7. The summed E-state index contributed by atoms with van der Waals surface area (Å²) < 4.78 is 0. The molecule has 3 heteroatoms. The second-order valence-electron chi connectivity index (χ2n) is 4.25. The van der Waals surface area contributed by atoms with Crippen LogP contribution in [0.2, 0.25) is 0 Å². The van der Waals surface area contributed by atoms with Gasteiger partial charge in [-0.1, -0.05) is 30.3 Å². The first-order valence-corrected chi connectivity index (χ1v) is 5.97. The largest absolute Gasteiger partial charge is 0.317 e. The second kappa shape index (κ2) is 5.99. The molecular formula is C13H20N2O. The first-order chi connectivity index (χ1) is 7.88. The molecule has 88 valence electrons. The Kier molecular flexibility index (Phi) is 4.34. The Bertz CT molecular complexity index is 294. The summed E-state index contributed by atoms with van der Waals surface area (Å²) in [5.74, 6) is 0. The third-order valence-corrected chi connectivity index (χ3v) is 3.12. The lowest BCUT2D eigenvalue weighted by Gasteiger charge is -2.30. The number of hydroxylamine groups is 2. The number of nitrogens with one attached hydrogen (secondary N) is 1. The van der Waals surface area contributed by atoms with E-state index in [1.54, 1.807) is 0 Å². The molecule has 1 aromatic carbocycles. The minimum atomic E-state index is 0.663. The molecule has 0 unspecified atom stereocenters. The van der Waals surface area contributed by atoms with Crippen LogP contribution < -0.4 is 5.32 Å². The molecule has 0 aromatic heterocycles. The molecule has 1 aliphatic heterocycles. The van der Waals surface area contributed by atoms with Crippen molar-refractivity contribution in [2.75, 3.05) is 20.1 Å². The van der Waals surface area contributed by atoms with E-state index in [-0.39, 0.29) is 0 Å². The van der Waals surface area contributed by atoms with Gasteiger partial charge in [0.05, 0.1) is 6.61 Å². The third-order valence-electron chi connectivity index (χ3n) is 3.12. The standard InChI is InChI=1S/C13H20N2O/c1-14-13-7-9-15(10-8-13)16-11-12-5-3-2-4-6-12/h2-6,13-14H,7-11H2,1H3. The molecule has 0 amide bonds. The van der Waals surface area contributed by atoms with Crippen molar-refractivity contribution in [2.24, 2.45) is 0 Å². The van der Waals surface area contributed by atoms with Crippen LogP contribution in [0.25, 0.3) is 0 Å². The molecule has 0 aliphatic carbocycles. The maximum atomic E-state index is 5.77. The Balaban J connectivity index is 1.72. The summed E-state index contributed by atoms with van der Waals surface area (Å²) in [6, 6.07) is 11.0. The van der Waals surface area contributed by atoms with Crippen molar-refractivity contribution < 1.29 is 4.84 Å². The van der Waals surface area contributed by atoms with E-state index >= 15 is 0 Å². The van der Waals surface area contributed by atoms with E-state index in [2.05, 4.69) is 22.5 Å². The maximum Gasteiger partial charge on any atom is 0.0935 e. The van der Waals surface area contributed by atoms with Gasteiger partial charge < -0.3 is 5.32 Å². The zero-order valence-corrected chi connectivity index (χ0v) is 9.86. The van der Waals surface area contributed by atoms with E-state index in [0.29, 0.717) is 12.6 Å². The first kappa shape index (κ1) is 11.6. The fourth-order valence-corrected chi connectivity index (χ4v) is 2.01. The van der Waals surface area contributed by atoms with Crippen molar-refractivity contribution in [3.8, 4) is 0 Å². The maximum absolute atomic E-state index is 5.77. The van der Waals surface area contributed by atoms with Gasteiger partial charge in [0.25, 0.3) is 0 Å². The van der Waals surface area contributed by atoms with E-state index in [1.165, 1.54) is 18.4 Å². The minimum absolute atomic E-state index is 0.663. The molecule has 0 bridgehead atoms. The summed E-state index contributed by atoms with van der Waals surface area (Å²) in [7, 11) is 2.03. The van der Waals surface area contributed by atoms with Crippen LogP contribution in [0.1, 0.15) is 18.4 Å². The molecule has 1 fully saturated rings. The van der Waals surface area contributed by atoms with Crippen molar-refractivity contribution in [1.82, 2.24) is 10.4 Å². The van der Waals surface area contributed by atoms with Crippen molar-refractivity contribution in [2.45, 2.75) is 25.5 Å². The topological polar surface area (TPSA) is 24.5 Å². The van der Waals surface area contributed by atoms with Gasteiger partial charge >= 0.3 is 0 Å². The Morgan fingerprint density at radius 1 is 1.25 bits per heavy atom. The summed E-state index contributed by atoms with van der Waals surface area (Å²) >= 11 is 0. The Morgan fingerprint density at radius 2 is 1.94 bits per heavy atom. The van der Waals surface area contributed by atoms with Gasteiger partial charge in [0.15, 0.2) is 0 Å². The highest BCUT2D eigenvalue weighted by Gasteiger charge is 2.17. The Labute approximate surface area is 97.4 Å². The van der Waals surface area contributed by atoms with Crippen molar-refractivity contribution in [1.29, 1.82) is 0 Å². The Hall–Kier alpha value is -0.900. The zero-order chi connectivity index (χ0) is 11.2. The summed E-state index contributed by atoms with van der Waals surface area (Å²) in [6.45, 7) is 2.74. The number of benzene rings is 1. The molecule has 1 N–H and O–H groups in total. The van der Waals surface area contributed by atoms with Gasteiger partial charge in [-0.3, -0.25) is 4.84 Å². The summed E-state index contributed by atoms with van der Waals surface area (Å²) in [5, 5.41) is 5.40. The van der Waals surface area contributed by atoms with E-state index < -0.39 is 0 Å². The quantitative estimate of drug-likeness (QED) is 0.837. The van der Waals surface area contributed by atoms with Gasteiger partial charge in [-0.25, -0.2) is 0 Å². The predicted octanol–water partition coefficient (Wildman–Crippen LogP) is 1.80. The van der Waals surface area contributed by atoms with Gasteiger partial charge in [0.1, 0.15) is 0 Å². The monoisotopic (exact) mass is 220 g/mol. The van der Waals surface area contributed by atoms with Gasteiger partial charge in [-0.05, 0) is 25.5 Å². The molecule has 2 rings (SSSR count). The molecule has 3 nitrogen and oxygen atoms in total. The molecule has 16 heavy (non-hydrogen) atoms. The van der Waals surface area contributed by atoms with Gasteiger partial charge in [-0.15, -0.1) is 0 Å². The molecular weight excluding hydrogens is 200 g/mol. The van der Waals surface area contributed by atoms with Gasteiger partial charge in [0, 0.05) is 19.1 Å². The van der Waals surface area contributed by atoms with Crippen molar-refractivity contribution >= 4 is 0 Å². The number of nitrogens with zero attached hydrogens (tertiary/aromatic N) is 1. The highest BCUT2D eigenvalue weighted by molar-refractivity contribution is 5.13. The van der Waals surface area contributed by atoms with Crippen LogP contribution in [-0.2, 0) is 11.4 Å². The van der Waals surface area contributed by atoms with Crippen LogP contribution in [0, 0.1) is 0 Å². The molecule has 0 spiro atoms. The molecule has 1 saturated heterocycles. The molecule has 1 aliphatic rings.